The monoisotopic (exact) mass is 288 g/mol. The molecule has 2 rings (SSSR count). The van der Waals surface area contributed by atoms with E-state index in [9.17, 15) is 9.90 Å². The molecule has 2 unspecified atom stereocenters. The van der Waals surface area contributed by atoms with Crippen molar-refractivity contribution in [2.24, 2.45) is 5.92 Å². The van der Waals surface area contributed by atoms with E-state index in [4.69, 9.17) is 9.84 Å². The molecule has 4 heteroatoms. The van der Waals surface area contributed by atoms with Crippen LogP contribution in [0.3, 0.4) is 0 Å². The van der Waals surface area contributed by atoms with E-state index >= 15 is 0 Å². The van der Waals surface area contributed by atoms with Gasteiger partial charge in [-0.15, -0.1) is 0 Å². The van der Waals surface area contributed by atoms with Gasteiger partial charge < -0.3 is 14.9 Å². The molecule has 0 saturated heterocycles. The van der Waals surface area contributed by atoms with E-state index in [2.05, 4.69) is 0 Å². The number of aliphatic carboxylic acids is 1. The number of carboxylic acids is 1. The van der Waals surface area contributed by atoms with Crippen LogP contribution < -0.4 is 4.74 Å². The predicted octanol–water partition coefficient (Wildman–Crippen LogP) is 3.38. The second-order valence-electron chi connectivity index (χ2n) is 5.36. The first kappa shape index (κ1) is 15.3. The lowest BCUT2D eigenvalue weighted by molar-refractivity contribution is -0.138. The van der Waals surface area contributed by atoms with Gasteiger partial charge in [-0.1, -0.05) is 37.3 Å². The predicted molar refractivity (Wildman–Crippen MR) is 81.5 cm³/mol. The molecule has 2 aromatic rings. The Morgan fingerprint density at radius 2 is 1.86 bits per heavy atom. The molecule has 112 valence electrons. The number of benzene rings is 2. The molecular weight excluding hydrogens is 268 g/mol. The minimum Gasteiger partial charge on any atom is -0.496 e. The second kappa shape index (κ2) is 6.59. The normalized spacial score (nSPS) is 13.9. The van der Waals surface area contributed by atoms with Gasteiger partial charge in [0.2, 0.25) is 0 Å². The third-order valence-electron chi connectivity index (χ3n) is 3.65. The highest BCUT2D eigenvalue weighted by Crippen LogP contribution is 2.34. The van der Waals surface area contributed by atoms with Gasteiger partial charge in [0.15, 0.2) is 0 Å². The van der Waals surface area contributed by atoms with Gasteiger partial charge in [-0.05, 0) is 29.4 Å². The zero-order chi connectivity index (χ0) is 15.4. The SMILES string of the molecule is COc1ccc(C(O)CC(C)CC(=O)O)c2ccccc12. The van der Waals surface area contributed by atoms with Crippen LogP contribution >= 0.6 is 0 Å². The van der Waals surface area contributed by atoms with E-state index in [0.29, 0.717) is 6.42 Å². The molecule has 0 aliphatic carbocycles. The average molecular weight is 288 g/mol. The van der Waals surface area contributed by atoms with E-state index < -0.39 is 12.1 Å². The highest BCUT2D eigenvalue weighted by atomic mass is 16.5. The molecule has 2 atom stereocenters. The molecule has 0 fully saturated rings. The van der Waals surface area contributed by atoms with E-state index in [1.807, 2.05) is 43.3 Å². The Hall–Kier alpha value is -2.07. The summed E-state index contributed by atoms with van der Waals surface area (Å²) in [5, 5.41) is 21.1. The summed E-state index contributed by atoms with van der Waals surface area (Å²) in [6.45, 7) is 1.84. The number of carbonyl (C=O) groups is 1. The molecule has 0 amide bonds. The van der Waals surface area contributed by atoms with Crippen LogP contribution in [0.2, 0.25) is 0 Å². The quantitative estimate of drug-likeness (QED) is 0.855. The van der Waals surface area contributed by atoms with Crippen molar-refractivity contribution < 1.29 is 19.7 Å². The summed E-state index contributed by atoms with van der Waals surface area (Å²) in [6.07, 6.45) is -0.205. The molecule has 0 heterocycles. The number of ether oxygens (including phenoxy) is 1. The average Bonchev–Trinajstić information content (AvgIpc) is 2.44. The van der Waals surface area contributed by atoms with Crippen molar-refractivity contribution in [2.75, 3.05) is 7.11 Å². The molecule has 0 saturated carbocycles. The van der Waals surface area contributed by atoms with E-state index in [1.165, 1.54) is 0 Å². The highest BCUT2D eigenvalue weighted by molar-refractivity contribution is 5.91. The number of methoxy groups -OCH3 is 1. The Labute approximate surface area is 124 Å². The lowest BCUT2D eigenvalue weighted by Gasteiger charge is -2.18. The van der Waals surface area contributed by atoms with E-state index in [0.717, 1.165) is 22.1 Å². The van der Waals surface area contributed by atoms with Crippen molar-refractivity contribution in [2.45, 2.75) is 25.9 Å². The Morgan fingerprint density at radius 3 is 2.48 bits per heavy atom. The Morgan fingerprint density at radius 1 is 1.19 bits per heavy atom. The minimum atomic E-state index is -0.839. The molecule has 0 radical (unpaired) electrons. The minimum absolute atomic E-state index is 0.0607. The molecular formula is C17H20O4. The zero-order valence-corrected chi connectivity index (χ0v) is 12.2. The molecule has 21 heavy (non-hydrogen) atoms. The summed E-state index contributed by atoms with van der Waals surface area (Å²) in [7, 11) is 1.62. The van der Waals surface area contributed by atoms with Crippen molar-refractivity contribution >= 4 is 16.7 Å². The highest BCUT2D eigenvalue weighted by Gasteiger charge is 2.18. The number of aliphatic hydroxyl groups is 1. The molecule has 0 bridgehead atoms. The van der Waals surface area contributed by atoms with Gasteiger partial charge in [-0.25, -0.2) is 0 Å². The third kappa shape index (κ3) is 3.52. The van der Waals surface area contributed by atoms with Gasteiger partial charge in [-0.3, -0.25) is 4.79 Å². The maximum atomic E-state index is 10.7. The lowest BCUT2D eigenvalue weighted by atomic mass is 9.92. The fourth-order valence-electron chi connectivity index (χ4n) is 2.65. The van der Waals surface area contributed by atoms with Crippen molar-refractivity contribution in [3.63, 3.8) is 0 Å². The fourth-order valence-corrected chi connectivity index (χ4v) is 2.65. The van der Waals surface area contributed by atoms with Crippen molar-refractivity contribution in [1.82, 2.24) is 0 Å². The molecule has 0 spiro atoms. The summed E-state index contributed by atoms with van der Waals surface area (Å²) in [6, 6.07) is 11.4. The number of hydrogen-bond donors (Lipinski definition) is 2. The molecule has 0 aliphatic heterocycles. The van der Waals surface area contributed by atoms with Gasteiger partial charge >= 0.3 is 5.97 Å². The number of rotatable bonds is 6. The van der Waals surface area contributed by atoms with Crippen LogP contribution in [-0.4, -0.2) is 23.3 Å². The Bertz CT molecular complexity index is 636. The van der Waals surface area contributed by atoms with Gasteiger partial charge in [0, 0.05) is 11.8 Å². The Balaban J connectivity index is 2.31. The van der Waals surface area contributed by atoms with Gasteiger partial charge in [0.05, 0.1) is 13.2 Å². The molecule has 0 aliphatic rings. The molecule has 0 aromatic heterocycles. The maximum Gasteiger partial charge on any atom is 0.303 e. The van der Waals surface area contributed by atoms with Gasteiger partial charge in [-0.2, -0.15) is 0 Å². The summed E-state index contributed by atoms with van der Waals surface area (Å²) in [4.78, 5) is 10.7. The fraction of sp³-hybridized carbons (Fsp3) is 0.353. The number of fused-ring (bicyclic) bond motifs is 1. The number of hydrogen-bond acceptors (Lipinski definition) is 3. The first-order valence-electron chi connectivity index (χ1n) is 6.98. The third-order valence-corrected chi connectivity index (χ3v) is 3.65. The van der Waals surface area contributed by atoms with Gasteiger partial charge in [0.25, 0.3) is 0 Å². The van der Waals surface area contributed by atoms with Crippen LogP contribution in [-0.2, 0) is 4.79 Å². The van der Waals surface area contributed by atoms with Crippen LogP contribution in [0.25, 0.3) is 10.8 Å². The number of carboxylic acid groups (broad SMARTS) is 1. The van der Waals surface area contributed by atoms with E-state index in [1.54, 1.807) is 7.11 Å². The summed E-state index contributed by atoms with van der Waals surface area (Å²) >= 11 is 0. The molecule has 2 N–H and O–H groups in total. The summed E-state index contributed by atoms with van der Waals surface area (Å²) in [5.41, 5.74) is 0.809. The van der Waals surface area contributed by atoms with Crippen LogP contribution in [0.15, 0.2) is 36.4 Å². The molecule has 4 nitrogen and oxygen atoms in total. The van der Waals surface area contributed by atoms with Crippen LogP contribution in [0, 0.1) is 5.92 Å². The van der Waals surface area contributed by atoms with Crippen molar-refractivity contribution in [1.29, 1.82) is 0 Å². The summed E-state index contributed by atoms with van der Waals surface area (Å²) < 4.78 is 5.34. The van der Waals surface area contributed by atoms with Gasteiger partial charge in [0.1, 0.15) is 5.75 Å². The molecule has 2 aromatic carbocycles. The van der Waals surface area contributed by atoms with Crippen LogP contribution in [0.1, 0.15) is 31.4 Å². The smallest absolute Gasteiger partial charge is 0.303 e. The topological polar surface area (TPSA) is 66.8 Å². The number of aliphatic hydroxyl groups excluding tert-OH is 1. The van der Waals surface area contributed by atoms with E-state index in [-0.39, 0.29) is 12.3 Å². The van der Waals surface area contributed by atoms with Crippen LogP contribution in [0.4, 0.5) is 0 Å². The zero-order valence-electron chi connectivity index (χ0n) is 12.2. The van der Waals surface area contributed by atoms with Crippen LogP contribution in [0.5, 0.6) is 5.75 Å². The van der Waals surface area contributed by atoms with Crippen molar-refractivity contribution in [3.05, 3.63) is 42.0 Å². The van der Waals surface area contributed by atoms with Crippen molar-refractivity contribution in [3.8, 4) is 5.75 Å². The summed E-state index contributed by atoms with van der Waals surface area (Å²) in [5.74, 6) is -0.159. The maximum absolute atomic E-state index is 10.7. The first-order chi connectivity index (χ1) is 10.0. The lowest BCUT2D eigenvalue weighted by Crippen LogP contribution is -2.09. The first-order valence-corrected chi connectivity index (χ1v) is 6.98. The standard InChI is InChI=1S/C17H20O4/c1-11(10-17(19)20)9-15(18)13-7-8-16(21-2)14-6-4-3-5-12(13)14/h3-8,11,15,18H,9-10H2,1-2H3,(H,19,20). The largest absolute Gasteiger partial charge is 0.496 e. The Kier molecular flexibility index (Phi) is 4.81. The second-order valence-corrected chi connectivity index (χ2v) is 5.36.